The van der Waals surface area contributed by atoms with E-state index < -0.39 is 24.3 Å². The highest BCUT2D eigenvalue weighted by molar-refractivity contribution is 5.70. The summed E-state index contributed by atoms with van der Waals surface area (Å²) in [5, 5.41) is 11.9. The quantitative estimate of drug-likeness (QED) is 0.0195. The van der Waals surface area contributed by atoms with E-state index in [-0.39, 0.29) is 32.2 Å². The minimum absolute atomic E-state index is 0.149. The molecule has 0 saturated carbocycles. The molecule has 0 rings (SSSR count). The summed E-state index contributed by atoms with van der Waals surface area (Å²) in [6.07, 6.45) is 97.4. The van der Waals surface area contributed by atoms with Gasteiger partial charge in [-0.3, -0.25) is 9.59 Å². The highest BCUT2D eigenvalue weighted by Crippen LogP contribution is 2.19. The average molecular weight is 1310 g/mol. The zero-order valence-electron chi connectivity index (χ0n) is 62.1. The van der Waals surface area contributed by atoms with Crippen molar-refractivity contribution in [3.05, 3.63) is 72.9 Å². The summed E-state index contributed by atoms with van der Waals surface area (Å²) in [6.45, 7) is 4.69. The van der Waals surface area contributed by atoms with E-state index in [1.807, 2.05) is 21.1 Å². The Morgan fingerprint density at radius 2 is 0.613 bits per heavy atom. The van der Waals surface area contributed by atoms with Gasteiger partial charge in [-0.25, -0.2) is 0 Å². The minimum atomic E-state index is -1.62. The van der Waals surface area contributed by atoms with Crippen LogP contribution in [0, 0.1) is 0 Å². The molecule has 0 amide bonds. The second kappa shape index (κ2) is 74.5. The van der Waals surface area contributed by atoms with Crippen molar-refractivity contribution in [3.8, 4) is 0 Å². The number of carboxylic acids is 1. The number of allylic oxidation sites excluding steroid dienone is 12. The molecule has 0 radical (unpaired) electrons. The number of carboxylic acid groups (broad SMARTS) is 1. The van der Waals surface area contributed by atoms with E-state index in [4.69, 9.17) is 18.9 Å². The second-order valence-electron chi connectivity index (χ2n) is 28.3. The Hall–Kier alpha value is -3.27. The van der Waals surface area contributed by atoms with Gasteiger partial charge in [0.25, 0.3) is 0 Å². The van der Waals surface area contributed by atoms with Gasteiger partial charge in [0.2, 0.25) is 0 Å². The van der Waals surface area contributed by atoms with Crippen molar-refractivity contribution < 1.29 is 42.9 Å². The zero-order chi connectivity index (χ0) is 67.5. The molecular formula is C84H153NO8. The molecule has 0 saturated heterocycles. The molecular weight excluding hydrogens is 1150 g/mol. The Labute approximate surface area is 577 Å². The third-order valence-corrected chi connectivity index (χ3v) is 17.9. The predicted molar refractivity (Wildman–Crippen MR) is 398 cm³/mol. The van der Waals surface area contributed by atoms with Gasteiger partial charge in [0.15, 0.2) is 12.4 Å². The number of hydrogen-bond donors (Lipinski definition) is 0. The van der Waals surface area contributed by atoms with Crippen LogP contribution in [-0.4, -0.2) is 82.3 Å². The maximum absolute atomic E-state index is 13.0. The first kappa shape index (κ1) is 89.7. The second-order valence-corrected chi connectivity index (χ2v) is 28.3. The lowest BCUT2D eigenvalue weighted by Crippen LogP contribution is -2.44. The summed E-state index contributed by atoms with van der Waals surface area (Å²) < 4.78 is 22.9. The van der Waals surface area contributed by atoms with Crippen LogP contribution in [0.4, 0.5) is 0 Å². The lowest BCUT2D eigenvalue weighted by atomic mass is 10.0. The first-order valence-electron chi connectivity index (χ1n) is 40.1. The number of rotatable bonds is 75. The Morgan fingerprint density at radius 3 is 0.914 bits per heavy atom. The number of carbonyl (C=O) groups is 3. The van der Waals surface area contributed by atoms with E-state index in [9.17, 15) is 19.5 Å². The van der Waals surface area contributed by atoms with Crippen molar-refractivity contribution in [2.75, 3.05) is 47.5 Å². The lowest BCUT2D eigenvalue weighted by Gasteiger charge is -2.26. The molecule has 0 spiro atoms. The van der Waals surface area contributed by atoms with Crippen LogP contribution in [0.25, 0.3) is 0 Å². The summed E-state index contributed by atoms with van der Waals surface area (Å²) in [5.74, 6) is -2.25. The lowest BCUT2D eigenvalue weighted by molar-refractivity contribution is -0.870. The fourth-order valence-electron chi connectivity index (χ4n) is 11.9. The van der Waals surface area contributed by atoms with Crippen molar-refractivity contribution in [2.24, 2.45) is 0 Å². The average Bonchev–Trinajstić information content (AvgIpc) is 3.73. The highest BCUT2D eigenvalue weighted by atomic mass is 16.7. The van der Waals surface area contributed by atoms with Crippen molar-refractivity contribution in [1.29, 1.82) is 0 Å². The summed E-state index contributed by atoms with van der Waals surface area (Å²) in [5.41, 5.74) is 0. The van der Waals surface area contributed by atoms with Gasteiger partial charge in [-0.1, -0.05) is 363 Å². The molecule has 2 unspecified atom stereocenters. The van der Waals surface area contributed by atoms with Gasteiger partial charge >= 0.3 is 11.9 Å². The monoisotopic (exact) mass is 1300 g/mol. The molecule has 0 aliphatic rings. The van der Waals surface area contributed by atoms with Crippen molar-refractivity contribution in [1.82, 2.24) is 0 Å². The van der Waals surface area contributed by atoms with Crippen molar-refractivity contribution in [3.63, 3.8) is 0 Å². The first-order valence-corrected chi connectivity index (χ1v) is 40.1. The molecule has 9 heteroatoms. The van der Waals surface area contributed by atoms with E-state index in [0.29, 0.717) is 17.4 Å². The molecule has 542 valence electrons. The Morgan fingerprint density at radius 1 is 0.333 bits per heavy atom. The molecule has 0 aromatic heterocycles. The fourth-order valence-corrected chi connectivity index (χ4v) is 11.9. The maximum Gasteiger partial charge on any atom is 0.306 e. The molecule has 0 fully saturated rings. The van der Waals surface area contributed by atoms with Crippen LogP contribution in [0.15, 0.2) is 72.9 Å². The standard InChI is InChI=1S/C84H153NO8/c1-6-8-10-12-14-16-18-20-22-24-26-28-30-32-34-36-38-39-40-41-42-43-45-47-49-51-53-55-57-59-61-63-65-67-69-71-73-75-82(87)93-80(79-92-84(83(88)89)90-77-76-85(3,4)5)78-91-81(86)74-72-70-68-66-64-62-60-58-56-54-52-50-48-46-44-37-35-33-31-29-27-25-23-21-19-17-15-13-11-9-7-2/h8,10,14,16,19-22,25-28,80,84H,6-7,9,11-13,15,17-18,23-24,29-79H2,1-5H3/b10-8-,16-14-,21-19-,22-20-,27-25-,28-26-. The van der Waals surface area contributed by atoms with Crippen LogP contribution in [0.1, 0.15) is 386 Å². The van der Waals surface area contributed by atoms with Crippen LogP contribution in [-0.2, 0) is 33.3 Å². The Kier molecular flexibility index (Phi) is 71.9. The van der Waals surface area contributed by atoms with Crippen LogP contribution in [0.3, 0.4) is 0 Å². The van der Waals surface area contributed by atoms with Crippen LogP contribution >= 0.6 is 0 Å². The molecule has 2 atom stereocenters. The molecule has 9 nitrogen and oxygen atoms in total. The smallest absolute Gasteiger partial charge is 0.306 e. The highest BCUT2D eigenvalue weighted by Gasteiger charge is 2.22. The third kappa shape index (κ3) is 76.0. The number of hydrogen-bond acceptors (Lipinski definition) is 8. The van der Waals surface area contributed by atoms with Crippen LogP contribution in [0.5, 0.6) is 0 Å². The first-order chi connectivity index (χ1) is 45.6. The summed E-state index contributed by atoms with van der Waals surface area (Å²) in [6, 6.07) is 0. The number of aliphatic carboxylic acids is 1. The topological polar surface area (TPSA) is 111 Å². The maximum atomic E-state index is 13.0. The zero-order valence-corrected chi connectivity index (χ0v) is 62.1. The molecule has 0 bridgehead atoms. The molecule has 0 heterocycles. The van der Waals surface area contributed by atoms with E-state index in [2.05, 4.69) is 86.8 Å². The number of nitrogens with zero attached hydrogens (tertiary/aromatic N) is 1. The van der Waals surface area contributed by atoms with Gasteiger partial charge in [0, 0.05) is 12.8 Å². The summed E-state index contributed by atoms with van der Waals surface area (Å²) in [7, 11) is 5.95. The van der Waals surface area contributed by atoms with Crippen molar-refractivity contribution >= 4 is 17.9 Å². The van der Waals surface area contributed by atoms with Gasteiger partial charge in [0.1, 0.15) is 13.2 Å². The Balaban J connectivity index is 3.97. The fraction of sp³-hybridized carbons (Fsp3) is 0.821. The van der Waals surface area contributed by atoms with Gasteiger partial charge in [-0.2, -0.15) is 0 Å². The van der Waals surface area contributed by atoms with Crippen LogP contribution < -0.4 is 5.11 Å². The number of quaternary nitrogens is 1. The number of likely N-dealkylation sites (N-methyl/N-ethyl adjacent to an activating group) is 1. The third-order valence-electron chi connectivity index (χ3n) is 17.9. The number of unbranched alkanes of at least 4 members (excludes halogenated alkanes) is 48. The minimum Gasteiger partial charge on any atom is -0.545 e. The Bertz CT molecular complexity index is 1760. The number of ether oxygens (including phenoxy) is 4. The van der Waals surface area contributed by atoms with Crippen molar-refractivity contribution in [2.45, 2.75) is 399 Å². The normalized spacial score (nSPS) is 13.0. The van der Waals surface area contributed by atoms with E-state index in [1.165, 1.54) is 289 Å². The molecule has 0 aliphatic carbocycles. The molecule has 93 heavy (non-hydrogen) atoms. The van der Waals surface area contributed by atoms with E-state index >= 15 is 0 Å². The summed E-state index contributed by atoms with van der Waals surface area (Å²) >= 11 is 0. The van der Waals surface area contributed by atoms with E-state index in [0.717, 1.165) is 70.6 Å². The molecule has 0 aromatic rings. The summed E-state index contributed by atoms with van der Waals surface area (Å²) in [4.78, 5) is 37.6. The van der Waals surface area contributed by atoms with E-state index in [1.54, 1.807) is 0 Å². The number of carbonyl (C=O) groups excluding carboxylic acids is 3. The van der Waals surface area contributed by atoms with Gasteiger partial charge < -0.3 is 33.3 Å². The molecule has 0 aromatic carbocycles. The van der Waals surface area contributed by atoms with Gasteiger partial charge in [-0.15, -0.1) is 0 Å². The largest absolute Gasteiger partial charge is 0.545 e. The molecule has 0 N–H and O–H groups in total. The predicted octanol–water partition coefficient (Wildman–Crippen LogP) is 24.3. The molecule has 0 aliphatic heterocycles. The van der Waals surface area contributed by atoms with Crippen LogP contribution in [0.2, 0.25) is 0 Å². The number of esters is 2. The SMILES string of the molecule is CC/C=C\C/C=C\C/C=C\C/C=C\CCCCCCCCCCCCCCCCCCCCCCCCCCC(=O)OC(COC(=O)CCCCCCCCCCCCCCCCCCCCC/C=C\C/C=C\CCCCCCC)COC(OCC[N+](C)(C)C)C(=O)[O-]. The van der Waals surface area contributed by atoms with Gasteiger partial charge in [-0.05, 0) is 83.5 Å². The van der Waals surface area contributed by atoms with Gasteiger partial charge in [0.05, 0.1) is 40.3 Å².